The van der Waals surface area contributed by atoms with Crippen LogP contribution in [0.1, 0.15) is 5.56 Å². The summed E-state index contributed by atoms with van der Waals surface area (Å²) in [5.41, 5.74) is 4.22. The van der Waals surface area contributed by atoms with Crippen LogP contribution in [0, 0.1) is 5.82 Å². The van der Waals surface area contributed by atoms with Crippen LogP contribution in [0.2, 0.25) is 25.2 Å². The molecule has 0 N–H and O–H groups in total. The van der Waals surface area contributed by atoms with Crippen molar-refractivity contribution in [3.63, 3.8) is 0 Å². The molecule has 2 heterocycles. The van der Waals surface area contributed by atoms with Gasteiger partial charge in [-0.3, -0.25) is 4.90 Å². The van der Waals surface area contributed by atoms with Crippen molar-refractivity contribution in [2.45, 2.75) is 31.7 Å². The zero-order chi connectivity index (χ0) is 18.1. The first-order valence-electron chi connectivity index (χ1n) is 9.37. The SMILES string of the molecule is C[Si]1(C)CCN(Cc2ccc(-c3ccc4cc(F)ccc4n3)cc2)CC1. The summed E-state index contributed by atoms with van der Waals surface area (Å²) >= 11 is 0. The van der Waals surface area contributed by atoms with Crippen molar-refractivity contribution < 1.29 is 4.39 Å². The van der Waals surface area contributed by atoms with Gasteiger partial charge in [-0.1, -0.05) is 43.4 Å². The Morgan fingerprint density at radius 1 is 0.962 bits per heavy atom. The molecular formula is C22H25FN2Si. The van der Waals surface area contributed by atoms with E-state index in [1.807, 2.05) is 12.1 Å². The average Bonchev–Trinajstić information content (AvgIpc) is 2.64. The topological polar surface area (TPSA) is 16.1 Å². The summed E-state index contributed by atoms with van der Waals surface area (Å²) in [5, 5.41) is 0.835. The first-order chi connectivity index (χ1) is 12.5. The van der Waals surface area contributed by atoms with Crippen LogP contribution in [0.4, 0.5) is 4.39 Å². The molecule has 0 spiro atoms. The van der Waals surface area contributed by atoms with E-state index in [2.05, 4.69) is 47.2 Å². The Morgan fingerprint density at radius 3 is 2.42 bits per heavy atom. The number of halogens is 1. The van der Waals surface area contributed by atoms with Gasteiger partial charge in [-0.25, -0.2) is 9.37 Å². The zero-order valence-corrected chi connectivity index (χ0v) is 16.5. The monoisotopic (exact) mass is 364 g/mol. The predicted molar refractivity (Wildman–Crippen MR) is 110 cm³/mol. The van der Waals surface area contributed by atoms with Gasteiger partial charge in [-0.2, -0.15) is 0 Å². The minimum absolute atomic E-state index is 0.222. The normalized spacial score (nSPS) is 17.5. The Bertz CT molecular complexity index is 911. The average molecular weight is 365 g/mol. The van der Waals surface area contributed by atoms with Crippen LogP contribution in [0.15, 0.2) is 54.6 Å². The second kappa shape index (κ2) is 6.93. The molecule has 0 saturated carbocycles. The van der Waals surface area contributed by atoms with Gasteiger partial charge in [0.15, 0.2) is 0 Å². The van der Waals surface area contributed by atoms with Crippen LogP contribution in [0.25, 0.3) is 22.2 Å². The van der Waals surface area contributed by atoms with Gasteiger partial charge in [0, 0.05) is 25.6 Å². The van der Waals surface area contributed by atoms with Crippen molar-refractivity contribution in [3.05, 3.63) is 66.0 Å². The second-order valence-electron chi connectivity index (χ2n) is 8.17. The van der Waals surface area contributed by atoms with Gasteiger partial charge >= 0.3 is 0 Å². The standard InChI is InChI=1S/C22H25FN2Si/c1-26(2)13-11-25(12-14-26)16-17-3-5-18(6-4-17)21-9-7-19-15-20(23)8-10-22(19)24-21/h3-10,15H,11-14,16H2,1-2H3. The highest BCUT2D eigenvalue weighted by Gasteiger charge is 2.26. The lowest BCUT2D eigenvalue weighted by Gasteiger charge is -2.35. The molecule has 2 nitrogen and oxygen atoms in total. The molecule has 0 radical (unpaired) electrons. The lowest BCUT2D eigenvalue weighted by molar-refractivity contribution is 0.282. The van der Waals surface area contributed by atoms with Crippen LogP contribution >= 0.6 is 0 Å². The van der Waals surface area contributed by atoms with E-state index < -0.39 is 8.07 Å². The highest BCUT2D eigenvalue weighted by Crippen LogP contribution is 2.25. The summed E-state index contributed by atoms with van der Waals surface area (Å²) in [5.74, 6) is -0.222. The van der Waals surface area contributed by atoms with E-state index in [0.29, 0.717) is 0 Å². The minimum atomic E-state index is -0.902. The van der Waals surface area contributed by atoms with E-state index in [1.54, 1.807) is 6.07 Å². The molecular weight excluding hydrogens is 339 g/mol. The fraction of sp³-hybridized carbons (Fsp3) is 0.318. The molecule has 2 aromatic carbocycles. The number of pyridine rings is 1. The summed E-state index contributed by atoms with van der Waals surface area (Å²) in [6.45, 7) is 8.52. The van der Waals surface area contributed by atoms with Crippen molar-refractivity contribution in [3.8, 4) is 11.3 Å². The Morgan fingerprint density at radius 2 is 1.69 bits per heavy atom. The molecule has 134 valence electrons. The van der Waals surface area contributed by atoms with Crippen molar-refractivity contribution in [1.29, 1.82) is 0 Å². The van der Waals surface area contributed by atoms with Crippen molar-refractivity contribution >= 4 is 19.0 Å². The summed E-state index contributed by atoms with van der Waals surface area (Å²) in [6.07, 6.45) is 0. The molecule has 1 aliphatic heterocycles. The Kier molecular flexibility index (Phi) is 4.63. The Labute approximate surface area is 155 Å². The number of hydrogen-bond acceptors (Lipinski definition) is 2. The fourth-order valence-electron chi connectivity index (χ4n) is 3.61. The highest BCUT2D eigenvalue weighted by atomic mass is 28.3. The van der Waals surface area contributed by atoms with Gasteiger partial charge in [-0.15, -0.1) is 0 Å². The molecule has 26 heavy (non-hydrogen) atoms. The maximum atomic E-state index is 13.3. The van der Waals surface area contributed by atoms with E-state index in [1.165, 1.54) is 42.9 Å². The smallest absolute Gasteiger partial charge is 0.123 e. The van der Waals surface area contributed by atoms with Gasteiger partial charge < -0.3 is 0 Å². The number of fused-ring (bicyclic) bond motifs is 1. The molecule has 4 rings (SSSR count). The van der Waals surface area contributed by atoms with Crippen LogP contribution in [-0.4, -0.2) is 31.0 Å². The van der Waals surface area contributed by atoms with E-state index in [-0.39, 0.29) is 5.82 Å². The molecule has 1 aromatic heterocycles. The number of benzene rings is 2. The summed E-state index contributed by atoms with van der Waals surface area (Å²) in [4.78, 5) is 7.25. The Balaban J connectivity index is 1.48. The predicted octanol–water partition coefficient (Wildman–Crippen LogP) is 5.56. The number of hydrogen-bond donors (Lipinski definition) is 0. The molecule has 4 heteroatoms. The fourth-order valence-corrected chi connectivity index (χ4v) is 5.71. The molecule has 1 aliphatic rings. The van der Waals surface area contributed by atoms with E-state index in [4.69, 9.17) is 0 Å². The maximum absolute atomic E-state index is 13.3. The summed E-state index contributed by atoms with van der Waals surface area (Å²) < 4.78 is 13.3. The minimum Gasteiger partial charge on any atom is -0.300 e. The largest absolute Gasteiger partial charge is 0.300 e. The number of aromatic nitrogens is 1. The van der Waals surface area contributed by atoms with E-state index in [9.17, 15) is 4.39 Å². The van der Waals surface area contributed by atoms with Gasteiger partial charge in [0.2, 0.25) is 0 Å². The van der Waals surface area contributed by atoms with Crippen molar-refractivity contribution in [2.75, 3.05) is 13.1 Å². The van der Waals surface area contributed by atoms with E-state index >= 15 is 0 Å². The third-order valence-electron chi connectivity index (χ3n) is 5.52. The molecule has 0 bridgehead atoms. The lowest BCUT2D eigenvalue weighted by Crippen LogP contribution is -2.42. The number of nitrogens with zero attached hydrogens (tertiary/aromatic N) is 2. The number of rotatable bonds is 3. The Hall–Kier alpha value is -2.04. The maximum Gasteiger partial charge on any atom is 0.123 e. The lowest BCUT2D eigenvalue weighted by atomic mass is 10.1. The third-order valence-corrected chi connectivity index (χ3v) is 8.67. The van der Waals surface area contributed by atoms with Gasteiger partial charge in [-0.05, 0) is 55.0 Å². The van der Waals surface area contributed by atoms with Gasteiger partial charge in [0.25, 0.3) is 0 Å². The van der Waals surface area contributed by atoms with Crippen LogP contribution in [-0.2, 0) is 6.54 Å². The van der Waals surface area contributed by atoms with Gasteiger partial charge in [0.05, 0.1) is 11.2 Å². The third kappa shape index (κ3) is 3.86. The van der Waals surface area contributed by atoms with E-state index in [0.717, 1.165) is 28.7 Å². The van der Waals surface area contributed by atoms with Crippen molar-refractivity contribution in [1.82, 2.24) is 9.88 Å². The summed E-state index contributed by atoms with van der Waals surface area (Å²) in [6, 6.07) is 20.2. The molecule has 0 amide bonds. The summed E-state index contributed by atoms with van der Waals surface area (Å²) in [7, 11) is -0.902. The van der Waals surface area contributed by atoms with Crippen molar-refractivity contribution in [2.24, 2.45) is 0 Å². The second-order valence-corrected chi connectivity index (χ2v) is 13.5. The molecule has 1 saturated heterocycles. The highest BCUT2D eigenvalue weighted by molar-refractivity contribution is 6.77. The zero-order valence-electron chi connectivity index (χ0n) is 15.5. The quantitative estimate of drug-likeness (QED) is 0.565. The van der Waals surface area contributed by atoms with Crippen LogP contribution in [0.5, 0.6) is 0 Å². The molecule has 0 aliphatic carbocycles. The van der Waals surface area contributed by atoms with Crippen LogP contribution < -0.4 is 0 Å². The van der Waals surface area contributed by atoms with Crippen LogP contribution in [0.3, 0.4) is 0 Å². The molecule has 1 fully saturated rings. The van der Waals surface area contributed by atoms with Gasteiger partial charge in [0.1, 0.15) is 5.82 Å². The molecule has 0 unspecified atom stereocenters. The molecule has 0 atom stereocenters. The first kappa shape index (κ1) is 17.4. The first-order valence-corrected chi connectivity index (χ1v) is 12.8. The molecule has 3 aromatic rings.